The standard InChI is InChI=1S/C21H28N4O3S/c1-17-8-10-18(11-9-17)29(27,28)25-14-12-24(13-15-25)16-21(26)22-19-6-4-5-7-20(19)23(2)3/h4-11H,12-16H2,1-3H3,(H,22,26). The largest absolute Gasteiger partial charge is 0.376 e. The van der Waals surface area contributed by atoms with E-state index in [0.29, 0.717) is 31.1 Å². The second-order valence-corrected chi connectivity index (χ2v) is 9.39. The molecule has 0 atom stereocenters. The van der Waals surface area contributed by atoms with Crippen molar-refractivity contribution in [1.29, 1.82) is 0 Å². The topological polar surface area (TPSA) is 73.0 Å². The van der Waals surface area contributed by atoms with Gasteiger partial charge in [-0.25, -0.2) is 8.42 Å². The minimum atomic E-state index is -3.49. The van der Waals surface area contributed by atoms with Crippen molar-refractivity contribution in [3.05, 3.63) is 54.1 Å². The van der Waals surface area contributed by atoms with E-state index in [4.69, 9.17) is 0 Å². The van der Waals surface area contributed by atoms with Gasteiger partial charge in [-0.15, -0.1) is 0 Å². The smallest absolute Gasteiger partial charge is 0.243 e. The molecule has 1 saturated heterocycles. The molecule has 1 heterocycles. The minimum Gasteiger partial charge on any atom is -0.376 e. The van der Waals surface area contributed by atoms with Gasteiger partial charge >= 0.3 is 0 Å². The molecule has 7 nitrogen and oxygen atoms in total. The highest BCUT2D eigenvalue weighted by molar-refractivity contribution is 7.89. The van der Waals surface area contributed by atoms with E-state index in [1.807, 2.05) is 55.1 Å². The number of sulfonamides is 1. The fourth-order valence-corrected chi connectivity index (χ4v) is 4.77. The summed E-state index contributed by atoms with van der Waals surface area (Å²) in [6, 6.07) is 14.5. The summed E-state index contributed by atoms with van der Waals surface area (Å²) in [6.45, 7) is 3.95. The third-order valence-corrected chi connectivity index (χ3v) is 6.93. The third-order valence-electron chi connectivity index (χ3n) is 5.02. The van der Waals surface area contributed by atoms with Crippen LogP contribution < -0.4 is 10.2 Å². The van der Waals surface area contributed by atoms with Gasteiger partial charge < -0.3 is 10.2 Å². The molecule has 0 aliphatic carbocycles. The SMILES string of the molecule is Cc1ccc(S(=O)(=O)N2CCN(CC(=O)Nc3ccccc3N(C)C)CC2)cc1. The van der Waals surface area contributed by atoms with Crippen molar-refractivity contribution >= 4 is 27.3 Å². The zero-order valence-electron chi connectivity index (χ0n) is 17.1. The third kappa shape index (κ3) is 5.14. The van der Waals surface area contributed by atoms with Gasteiger partial charge in [0, 0.05) is 40.3 Å². The fraction of sp³-hybridized carbons (Fsp3) is 0.381. The fourth-order valence-electron chi connectivity index (χ4n) is 3.35. The van der Waals surface area contributed by atoms with Gasteiger partial charge in [0.05, 0.1) is 22.8 Å². The zero-order valence-corrected chi connectivity index (χ0v) is 17.9. The summed E-state index contributed by atoms with van der Waals surface area (Å²) >= 11 is 0. The Bertz CT molecular complexity index is 950. The second-order valence-electron chi connectivity index (χ2n) is 7.45. The summed E-state index contributed by atoms with van der Waals surface area (Å²) in [6.07, 6.45) is 0. The molecule has 156 valence electrons. The summed E-state index contributed by atoms with van der Waals surface area (Å²) in [7, 11) is 0.365. The van der Waals surface area contributed by atoms with Crippen molar-refractivity contribution in [1.82, 2.24) is 9.21 Å². The van der Waals surface area contributed by atoms with Gasteiger partial charge in [0.25, 0.3) is 0 Å². The Labute approximate surface area is 173 Å². The average Bonchev–Trinajstić information content (AvgIpc) is 2.69. The number of carbonyl (C=O) groups excluding carboxylic acids is 1. The highest BCUT2D eigenvalue weighted by Gasteiger charge is 2.29. The van der Waals surface area contributed by atoms with Crippen LogP contribution in [0.25, 0.3) is 0 Å². The van der Waals surface area contributed by atoms with Crippen LogP contribution in [0, 0.1) is 6.92 Å². The highest BCUT2D eigenvalue weighted by atomic mass is 32.2. The molecule has 1 fully saturated rings. The number of anilines is 2. The maximum atomic E-state index is 12.8. The van der Waals surface area contributed by atoms with E-state index in [1.165, 1.54) is 4.31 Å². The van der Waals surface area contributed by atoms with Crippen molar-refractivity contribution in [2.24, 2.45) is 0 Å². The number of benzene rings is 2. The van der Waals surface area contributed by atoms with Crippen LogP contribution >= 0.6 is 0 Å². The Hall–Kier alpha value is -2.42. The number of nitrogens with one attached hydrogen (secondary N) is 1. The molecule has 0 unspecified atom stereocenters. The van der Waals surface area contributed by atoms with Crippen LogP contribution in [0.5, 0.6) is 0 Å². The lowest BCUT2D eigenvalue weighted by atomic mass is 10.2. The highest BCUT2D eigenvalue weighted by Crippen LogP contribution is 2.23. The predicted octanol–water partition coefficient (Wildman–Crippen LogP) is 2.01. The first-order valence-electron chi connectivity index (χ1n) is 9.63. The molecule has 1 aliphatic heterocycles. The van der Waals surface area contributed by atoms with E-state index < -0.39 is 10.0 Å². The molecular weight excluding hydrogens is 388 g/mol. The number of aryl methyl sites for hydroxylation is 1. The van der Waals surface area contributed by atoms with Gasteiger partial charge in [-0.1, -0.05) is 29.8 Å². The van der Waals surface area contributed by atoms with Gasteiger partial charge in [0.1, 0.15) is 0 Å². The average molecular weight is 417 g/mol. The van der Waals surface area contributed by atoms with Crippen molar-refractivity contribution in [3.63, 3.8) is 0 Å². The summed E-state index contributed by atoms with van der Waals surface area (Å²) in [5.74, 6) is -0.103. The van der Waals surface area contributed by atoms with Crippen LogP contribution in [0.15, 0.2) is 53.4 Å². The number of amides is 1. The first-order valence-corrected chi connectivity index (χ1v) is 11.1. The van der Waals surface area contributed by atoms with Gasteiger partial charge in [-0.05, 0) is 31.2 Å². The van der Waals surface area contributed by atoms with Crippen molar-refractivity contribution in [3.8, 4) is 0 Å². The van der Waals surface area contributed by atoms with Crippen molar-refractivity contribution in [2.75, 3.05) is 57.0 Å². The van der Waals surface area contributed by atoms with Crippen LogP contribution in [0.2, 0.25) is 0 Å². The van der Waals surface area contributed by atoms with Gasteiger partial charge in [-0.2, -0.15) is 4.31 Å². The maximum Gasteiger partial charge on any atom is 0.243 e. The van der Waals surface area contributed by atoms with E-state index in [2.05, 4.69) is 5.32 Å². The maximum absolute atomic E-state index is 12.8. The van der Waals surface area contributed by atoms with E-state index >= 15 is 0 Å². The predicted molar refractivity (Wildman–Crippen MR) is 116 cm³/mol. The number of nitrogens with zero attached hydrogens (tertiary/aromatic N) is 3. The number of hydrogen-bond acceptors (Lipinski definition) is 5. The summed E-state index contributed by atoms with van der Waals surface area (Å²) in [5.41, 5.74) is 2.73. The Kier molecular flexibility index (Phi) is 6.56. The summed E-state index contributed by atoms with van der Waals surface area (Å²) in [4.78, 5) is 16.7. The van der Waals surface area contributed by atoms with E-state index in [0.717, 1.165) is 16.9 Å². The summed E-state index contributed by atoms with van der Waals surface area (Å²) in [5, 5.41) is 2.96. The minimum absolute atomic E-state index is 0.103. The van der Waals surface area contributed by atoms with Crippen LogP contribution in [-0.4, -0.2) is 70.3 Å². The van der Waals surface area contributed by atoms with Crippen molar-refractivity contribution in [2.45, 2.75) is 11.8 Å². The number of piperazine rings is 1. The molecule has 29 heavy (non-hydrogen) atoms. The molecule has 3 rings (SSSR count). The molecule has 2 aromatic carbocycles. The monoisotopic (exact) mass is 416 g/mol. The molecular formula is C21H28N4O3S. The van der Waals surface area contributed by atoms with E-state index in [1.54, 1.807) is 24.3 Å². The molecule has 8 heteroatoms. The van der Waals surface area contributed by atoms with Crippen molar-refractivity contribution < 1.29 is 13.2 Å². The quantitative estimate of drug-likeness (QED) is 0.780. The number of rotatable bonds is 6. The van der Waals surface area contributed by atoms with Crippen LogP contribution in [-0.2, 0) is 14.8 Å². The molecule has 0 spiro atoms. The molecule has 0 saturated carbocycles. The lowest BCUT2D eigenvalue weighted by molar-refractivity contribution is -0.117. The van der Waals surface area contributed by atoms with E-state index in [9.17, 15) is 13.2 Å². The Morgan fingerprint density at radius 3 is 2.24 bits per heavy atom. The normalized spacial score (nSPS) is 15.8. The molecule has 1 aliphatic rings. The Morgan fingerprint density at radius 1 is 1.00 bits per heavy atom. The second kappa shape index (κ2) is 8.94. The number of para-hydroxylation sites is 2. The van der Waals surface area contributed by atoms with Gasteiger partial charge in [-0.3, -0.25) is 9.69 Å². The van der Waals surface area contributed by atoms with Gasteiger partial charge in [0.2, 0.25) is 15.9 Å². The molecule has 2 aromatic rings. The Balaban J connectivity index is 1.56. The lowest BCUT2D eigenvalue weighted by Crippen LogP contribution is -2.50. The summed E-state index contributed by atoms with van der Waals surface area (Å²) < 4.78 is 27.1. The first-order chi connectivity index (χ1) is 13.8. The van der Waals surface area contributed by atoms with Crippen LogP contribution in [0.3, 0.4) is 0 Å². The molecule has 0 radical (unpaired) electrons. The number of carbonyl (C=O) groups is 1. The lowest BCUT2D eigenvalue weighted by Gasteiger charge is -2.33. The van der Waals surface area contributed by atoms with Gasteiger partial charge in [0.15, 0.2) is 0 Å². The first kappa shape index (κ1) is 21.3. The van der Waals surface area contributed by atoms with Crippen LogP contribution in [0.1, 0.15) is 5.56 Å². The van der Waals surface area contributed by atoms with Crippen LogP contribution in [0.4, 0.5) is 11.4 Å². The molecule has 0 bridgehead atoms. The number of hydrogen-bond donors (Lipinski definition) is 1. The van der Waals surface area contributed by atoms with E-state index in [-0.39, 0.29) is 12.5 Å². The Morgan fingerprint density at radius 2 is 1.62 bits per heavy atom. The zero-order chi connectivity index (χ0) is 21.0. The molecule has 1 N–H and O–H groups in total. The molecule has 1 amide bonds. The molecule has 0 aromatic heterocycles.